The summed E-state index contributed by atoms with van der Waals surface area (Å²) in [6.07, 6.45) is 2.28. The number of carbonyl (C=O) groups is 1. The molecule has 1 unspecified atom stereocenters. The minimum atomic E-state index is -0.353. The fraction of sp³-hybridized carbons (Fsp3) is 0.526. The molecule has 2 aromatic rings. The van der Waals surface area contributed by atoms with E-state index in [2.05, 4.69) is 24.0 Å². The van der Waals surface area contributed by atoms with Gasteiger partial charge in [0.25, 0.3) is 0 Å². The second kappa shape index (κ2) is 6.57. The van der Waals surface area contributed by atoms with Crippen molar-refractivity contribution in [2.75, 3.05) is 26.8 Å². The van der Waals surface area contributed by atoms with Gasteiger partial charge in [-0.2, -0.15) is 0 Å². The first kappa shape index (κ1) is 17.0. The van der Waals surface area contributed by atoms with Gasteiger partial charge in [-0.3, -0.25) is 4.79 Å². The van der Waals surface area contributed by atoms with Crippen molar-refractivity contribution >= 4 is 16.8 Å². The van der Waals surface area contributed by atoms with E-state index in [9.17, 15) is 4.79 Å². The Morgan fingerprint density at radius 2 is 2.25 bits per heavy atom. The van der Waals surface area contributed by atoms with Gasteiger partial charge >= 0.3 is 0 Å². The molecule has 0 radical (unpaired) electrons. The van der Waals surface area contributed by atoms with Crippen LogP contribution in [0.15, 0.2) is 24.4 Å². The molecule has 1 fully saturated rings. The van der Waals surface area contributed by atoms with Crippen LogP contribution in [0.25, 0.3) is 10.9 Å². The third kappa shape index (κ3) is 3.47. The molecule has 1 saturated heterocycles. The van der Waals surface area contributed by atoms with Crippen molar-refractivity contribution in [3.63, 3.8) is 0 Å². The summed E-state index contributed by atoms with van der Waals surface area (Å²) in [6.45, 7) is 7.79. The van der Waals surface area contributed by atoms with Gasteiger partial charge < -0.3 is 19.4 Å². The zero-order valence-electron chi connectivity index (χ0n) is 14.9. The molecule has 1 atom stereocenters. The van der Waals surface area contributed by atoms with Crippen LogP contribution in [0.4, 0.5) is 0 Å². The SMILES string of the molecule is COCC1CN(C(=O)Cc2c[nH]c3c(C)cccc23)CC(C)(C)O1. The number of ether oxygens (including phenoxy) is 2. The van der Waals surface area contributed by atoms with Gasteiger partial charge in [-0.15, -0.1) is 0 Å². The van der Waals surface area contributed by atoms with Crippen LogP contribution in [0.3, 0.4) is 0 Å². The van der Waals surface area contributed by atoms with E-state index < -0.39 is 0 Å². The summed E-state index contributed by atoms with van der Waals surface area (Å²) in [6, 6.07) is 6.18. The number of methoxy groups -OCH3 is 1. The van der Waals surface area contributed by atoms with Crippen LogP contribution in [0.5, 0.6) is 0 Å². The summed E-state index contributed by atoms with van der Waals surface area (Å²) in [5.41, 5.74) is 3.00. The number of hydrogen-bond acceptors (Lipinski definition) is 3. The predicted molar refractivity (Wildman–Crippen MR) is 94.1 cm³/mol. The molecular weight excluding hydrogens is 304 g/mol. The number of benzene rings is 1. The first-order valence-corrected chi connectivity index (χ1v) is 8.40. The maximum Gasteiger partial charge on any atom is 0.227 e. The molecule has 1 aliphatic rings. The molecule has 0 saturated carbocycles. The number of amides is 1. The van der Waals surface area contributed by atoms with Crippen LogP contribution >= 0.6 is 0 Å². The molecule has 1 aromatic carbocycles. The van der Waals surface area contributed by atoms with E-state index >= 15 is 0 Å². The van der Waals surface area contributed by atoms with Gasteiger partial charge in [-0.25, -0.2) is 0 Å². The highest BCUT2D eigenvalue weighted by molar-refractivity contribution is 5.90. The van der Waals surface area contributed by atoms with E-state index in [1.165, 1.54) is 5.56 Å². The van der Waals surface area contributed by atoms with E-state index in [1.807, 2.05) is 31.0 Å². The third-order valence-electron chi connectivity index (χ3n) is 4.54. The molecule has 1 N–H and O–H groups in total. The average Bonchev–Trinajstić information content (AvgIpc) is 2.90. The second-order valence-electron chi connectivity index (χ2n) is 7.22. The van der Waals surface area contributed by atoms with Crippen LogP contribution < -0.4 is 0 Å². The summed E-state index contributed by atoms with van der Waals surface area (Å²) in [7, 11) is 1.66. The highest BCUT2D eigenvalue weighted by Gasteiger charge is 2.35. The Kier molecular flexibility index (Phi) is 4.65. The lowest BCUT2D eigenvalue weighted by Gasteiger charge is -2.42. The summed E-state index contributed by atoms with van der Waals surface area (Å²) < 4.78 is 11.2. The van der Waals surface area contributed by atoms with E-state index in [1.54, 1.807) is 7.11 Å². The number of para-hydroxylation sites is 1. The van der Waals surface area contributed by atoms with E-state index in [4.69, 9.17) is 9.47 Å². The van der Waals surface area contributed by atoms with Crippen molar-refractivity contribution in [2.24, 2.45) is 0 Å². The predicted octanol–water partition coefficient (Wildman–Crippen LogP) is 2.67. The Morgan fingerprint density at radius 1 is 1.46 bits per heavy atom. The monoisotopic (exact) mass is 330 g/mol. The molecule has 1 aliphatic heterocycles. The van der Waals surface area contributed by atoms with Crippen LogP contribution in [0, 0.1) is 6.92 Å². The Hall–Kier alpha value is -1.85. The number of fused-ring (bicyclic) bond motifs is 1. The summed E-state index contributed by atoms with van der Waals surface area (Å²) in [5.74, 6) is 0.134. The zero-order valence-corrected chi connectivity index (χ0v) is 14.9. The summed E-state index contributed by atoms with van der Waals surface area (Å²) >= 11 is 0. The third-order valence-corrected chi connectivity index (χ3v) is 4.54. The van der Waals surface area contributed by atoms with Gasteiger partial charge in [0.1, 0.15) is 0 Å². The van der Waals surface area contributed by atoms with Crippen molar-refractivity contribution in [3.8, 4) is 0 Å². The summed E-state index contributed by atoms with van der Waals surface area (Å²) in [5, 5.41) is 1.13. The molecule has 5 heteroatoms. The second-order valence-corrected chi connectivity index (χ2v) is 7.22. The van der Waals surface area contributed by atoms with E-state index in [-0.39, 0.29) is 17.6 Å². The first-order valence-electron chi connectivity index (χ1n) is 8.40. The van der Waals surface area contributed by atoms with Gasteiger partial charge in [0.05, 0.1) is 24.7 Å². The number of H-pyrrole nitrogens is 1. The lowest BCUT2D eigenvalue weighted by molar-refractivity contribution is -0.168. The Morgan fingerprint density at radius 3 is 3.00 bits per heavy atom. The smallest absolute Gasteiger partial charge is 0.227 e. The summed E-state index contributed by atoms with van der Waals surface area (Å²) in [4.78, 5) is 18.0. The van der Waals surface area contributed by atoms with Crippen molar-refractivity contribution in [3.05, 3.63) is 35.5 Å². The molecule has 3 rings (SSSR count). The van der Waals surface area contributed by atoms with Gasteiger partial charge in [0, 0.05) is 37.3 Å². The van der Waals surface area contributed by atoms with Gasteiger partial charge in [-0.1, -0.05) is 18.2 Å². The van der Waals surface area contributed by atoms with E-state index in [0.29, 0.717) is 26.1 Å². The maximum atomic E-state index is 12.8. The standard InChI is InChI=1S/C19H26N2O3/c1-13-6-5-7-16-14(9-20-18(13)16)8-17(22)21-10-15(11-23-4)24-19(2,3)12-21/h5-7,9,15,20H,8,10-12H2,1-4H3. The molecule has 1 amide bonds. The molecule has 24 heavy (non-hydrogen) atoms. The molecule has 0 aliphatic carbocycles. The lowest BCUT2D eigenvalue weighted by atomic mass is 10.0. The average molecular weight is 330 g/mol. The van der Waals surface area contributed by atoms with Crippen LogP contribution in [-0.4, -0.2) is 54.3 Å². The fourth-order valence-electron chi connectivity index (χ4n) is 3.54. The highest BCUT2D eigenvalue weighted by atomic mass is 16.5. The minimum Gasteiger partial charge on any atom is -0.382 e. The molecule has 1 aromatic heterocycles. The number of hydrogen-bond donors (Lipinski definition) is 1. The van der Waals surface area contributed by atoms with Gasteiger partial charge in [0.2, 0.25) is 5.91 Å². The molecular formula is C19H26N2O3. The number of carbonyl (C=O) groups excluding carboxylic acids is 1. The lowest BCUT2D eigenvalue weighted by Crippen LogP contribution is -2.56. The Labute approximate surface area is 142 Å². The number of aromatic amines is 1. The molecule has 130 valence electrons. The fourth-order valence-corrected chi connectivity index (χ4v) is 3.54. The number of rotatable bonds is 4. The molecule has 0 bridgehead atoms. The maximum absolute atomic E-state index is 12.8. The number of morpholine rings is 1. The number of aromatic nitrogens is 1. The van der Waals surface area contributed by atoms with Gasteiger partial charge in [0.15, 0.2) is 0 Å². The van der Waals surface area contributed by atoms with Crippen molar-refractivity contribution in [2.45, 2.75) is 38.9 Å². The van der Waals surface area contributed by atoms with Crippen molar-refractivity contribution in [1.82, 2.24) is 9.88 Å². The normalized spacial score (nSPS) is 20.5. The number of nitrogens with one attached hydrogen (secondary N) is 1. The largest absolute Gasteiger partial charge is 0.382 e. The Balaban J connectivity index is 1.77. The van der Waals surface area contributed by atoms with Crippen LogP contribution in [0.2, 0.25) is 0 Å². The minimum absolute atomic E-state index is 0.0760. The topological polar surface area (TPSA) is 54.6 Å². The van der Waals surface area contributed by atoms with Gasteiger partial charge in [-0.05, 0) is 31.9 Å². The Bertz CT molecular complexity index is 735. The van der Waals surface area contributed by atoms with Crippen LogP contribution in [-0.2, 0) is 20.7 Å². The molecule has 2 heterocycles. The first-order chi connectivity index (χ1) is 11.4. The van der Waals surface area contributed by atoms with Crippen molar-refractivity contribution in [1.29, 1.82) is 0 Å². The molecule has 0 spiro atoms. The van der Waals surface area contributed by atoms with Crippen LogP contribution in [0.1, 0.15) is 25.0 Å². The molecule has 5 nitrogen and oxygen atoms in total. The number of nitrogens with zero attached hydrogens (tertiary/aromatic N) is 1. The number of aryl methyl sites for hydroxylation is 1. The highest BCUT2D eigenvalue weighted by Crippen LogP contribution is 2.25. The van der Waals surface area contributed by atoms with Crippen molar-refractivity contribution < 1.29 is 14.3 Å². The zero-order chi connectivity index (χ0) is 17.3. The van der Waals surface area contributed by atoms with E-state index in [0.717, 1.165) is 16.5 Å². The quantitative estimate of drug-likeness (QED) is 0.938.